The second-order valence-corrected chi connectivity index (χ2v) is 7.82. The topological polar surface area (TPSA) is 131 Å². The summed E-state index contributed by atoms with van der Waals surface area (Å²) >= 11 is 1.37. The van der Waals surface area contributed by atoms with Crippen LogP contribution < -0.4 is 11.3 Å². The van der Waals surface area contributed by atoms with Gasteiger partial charge in [0.15, 0.2) is 11.0 Å². The summed E-state index contributed by atoms with van der Waals surface area (Å²) in [6, 6.07) is 10.7. The smallest absolute Gasteiger partial charge is 0.261 e. The highest BCUT2D eigenvalue weighted by Crippen LogP contribution is 2.26. The highest BCUT2D eigenvalue weighted by atomic mass is 32.2. The van der Waals surface area contributed by atoms with Crippen molar-refractivity contribution in [2.24, 2.45) is 5.73 Å². The van der Waals surface area contributed by atoms with Crippen molar-refractivity contribution in [3.8, 4) is 11.4 Å². The van der Waals surface area contributed by atoms with Crippen LogP contribution in [0.5, 0.6) is 0 Å². The Hall–Kier alpha value is -3.57. The number of aromatic nitrogens is 6. The Morgan fingerprint density at radius 2 is 1.91 bits per heavy atom. The molecule has 10 nitrogen and oxygen atoms in total. The zero-order valence-corrected chi connectivity index (χ0v) is 18.2. The van der Waals surface area contributed by atoms with Gasteiger partial charge in [-0.25, -0.2) is 4.98 Å². The number of hydrogen-bond acceptors (Lipinski definition) is 8. The number of benzene rings is 1. The van der Waals surface area contributed by atoms with E-state index in [0.29, 0.717) is 46.6 Å². The molecule has 4 rings (SSSR count). The van der Waals surface area contributed by atoms with Gasteiger partial charge >= 0.3 is 0 Å². The first-order valence-electron chi connectivity index (χ1n) is 9.80. The lowest BCUT2D eigenvalue weighted by Gasteiger charge is -2.13. The first kappa shape index (κ1) is 21.7. The molecule has 0 fully saturated rings. The molecular weight excluding hydrogens is 430 g/mol. The van der Waals surface area contributed by atoms with Gasteiger partial charge < -0.3 is 10.5 Å². The molecule has 0 atom stereocenters. The highest BCUT2D eigenvalue weighted by molar-refractivity contribution is 7.98. The molecule has 0 saturated carbocycles. The Kier molecular flexibility index (Phi) is 6.57. The van der Waals surface area contributed by atoms with E-state index in [-0.39, 0.29) is 12.1 Å². The quantitative estimate of drug-likeness (QED) is 0.379. The van der Waals surface area contributed by atoms with Crippen LogP contribution >= 0.6 is 11.8 Å². The maximum absolute atomic E-state index is 12.9. The summed E-state index contributed by atoms with van der Waals surface area (Å²) < 4.78 is 8.51. The maximum atomic E-state index is 12.9. The predicted octanol–water partition coefficient (Wildman–Crippen LogP) is 1.47. The second kappa shape index (κ2) is 9.71. The number of methoxy groups -OCH3 is 1. The van der Waals surface area contributed by atoms with Crippen LogP contribution in [-0.4, -0.2) is 48.9 Å². The Labute approximate surface area is 187 Å². The number of carbonyl (C=O) groups excluding carboxylic acids is 1. The van der Waals surface area contributed by atoms with Crippen LogP contribution in [0.4, 0.5) is 0 Å². The molecule has 0 aliphatic carbocycles. The third-order valence-electron chi connectivity index (χ3n) is 4.76. The molecule has 0 saturated heterocycles. The highest BCUT2D eigenvalue weighted by Gasteiger charge is 2.17. The number of fused-ring (bicyclic) bond motifs is 1. The van der Waals surface area contributed by atoms with Crippen molar-refractivity contribution in [1.82, 2.24) is 29.3 Å². The summed E-state index contributed by atoms with van der Waals surface area (Å²) in [5, 5.41) is 9.74. The molecule has 3 aromatic heterocycles. The van der Waals surface area contributed by atoms with Gasteiger partial charge in [-0.2, -0.15) is 0 Å². The number of rotatable bonds is 9. The minimum absolute atomic E-state index is 0.245. The van der Waals surface area contributed by atoms with E-state index in [0.717, 1.165) is 5.56 Å². The third-order valence-corrected chi connectivity index (χ3v) is 5.72. The molecule has 1 aromatic carbocycles. The summed E-state index contributed by atoms with van der Waals surface area (Å²) in [6.45, 7) is 0.776. The van der Waals surface area contributed by atoms with Gasteiger partial charge in [0, 0.05) is 25.1 Å². The van der Waals surface area contributed by atoms with E-state index in [4.69, 9.17) is 10.5 Å². The molecule has 2 N–H and O–H groups in total. The minimum atomic E-state index is -0.612. The lowest BCUT2D eigenvalue weighted by atomic mass is 10.2. The first-order valence-corrected chi connectivity index (χ1v) is 10.8. The molecule has 0 radical (unpaired) electrons. The number of para-hydroxylation sites is 1. The monoisotopic (exact) mass is 451 g/mol. The van der Waals surface area contributed by atoms with Crippen LogP contribution in [0.1, 0.15) is 5.82 Å². The van der Waals surface area contributed by atoms with Crippen molar-refractivity contribution < 1.29 is 9.53 Å². The fraction of sp³-hybridized carbons (Fsp3) is 0.238. The van der Waals surface area contributed by atoms with Crippen molar-refractivity contribution in [3.63, 3.8) is 0 Å². The van der Waals surface area contributed by atoms with Gasteiger partial charge in [-0.15, -0.1) is 10.2 Å². The molecule has 164 valence electrons. The zero-order chi connectivity index (χ0) is 22.5. The van der Waals surface area contributed by atoms with E-state index < -0.39 is 5.91 Å². The van der Waals surface area contributed by atoms with Gasteiger partial charge in [-0.05, 0) is 24.3 Å². The van der Waals surface area contributed by atoms with Crippen LogP contribution in [0.3, 0.4) is 0 Å². The number of carbonyl (C=O) groups is 1. The number of nitrogens with two attached hydrogens (primary N) is 1. The summed E-state index contributed by atoms with van der Waals surface area (Å²) in [5.41, 5.74) is 6.52. The zero-order valence-electron chi connectivity index (χ0n) is 17.3. The van der Waals surface area contributed by atoms with Gasteiger partial charge in [0.1, 0.15) is 12.4 Å². The lowest BCUT2D eigenvalue weighted by Crippen LogP contribution is -2.31. The van der Waals surface area contributed by atoms with E-state index in [9.17, 15) is 9.59 Å². The van der Waals surface area contributed by atoms with E-state index in [1.54, 1.807) is 37.7 Å². The summed E-state index contributed by atoms with van der Waals surface area (Å²) in [7, 11) is 1.63. The SMILES string of the molecule is COCCn1c(SCc2nc3ccccc3c(=O)n2CC(N)=O)nnc1-c1ccncc1. The summed E-state index contributed by atoms with van der Waals surface area (Å²) in [4.78, 5) is 33.2. The van der Waals surface area contributed by atoms with E-state index in [2.05, 4.69) is 20.2 Å². The molecule has 11 heteroatoms. The van der Waals surface area contributed by atoms with Crippen molar-refractivity contribution in [3.05, 3.63) is 65.0 Å². The molecule has 0 bridgehead atoms. The van der Waals surface area contributed by atoms with Crippen LogP contribution in [0.15, 0.2) is 58.7 Å². The Balaban J connectivity index is 1.69. The van der Waals surface area contributed by atoms with Crippen molar-refractivity contribution in [2.45, 2.75) is 24.0 Å². The first-order chi connectivity index (χ1) is 15.6. The van der Waals surface area contributed by atoms with Gasteiger partial charge in [0.25, 0.3) is 5.56 Å². The van der Waals surface area contributed by atoms with Gasteiger partial charge in [-0.3, -0.25) is 23.7 Å². The van der Waals surface area contributed by atoms with Crippen LogP contribution in [0.25, 0.3) is 22.3 Å². The number of ether oxygens (including phenoxy) is 1. The van der Waals surface area contributed by atoms with Crippen LogP contribution in [0.2, 0.25) is 0 Å². The van der Waals surface area contributed by atoms with E-state index in [1.807, 2.05) is 22.8 Å². The Morgan fingerprint density at radius 1 is 1.12 bits per heavy atom. The molecule has 32 heavy (non-hydrogen) atoms. The Morgan fingerprint density at radius 3 is 2.66 bits per heavy atom. The van der Waals surface area contributed by atoms with Crippen molar-refractivity contribution >= 4 is 28.6 Å². The number of pyridine rings is 1. The summed E-state index contributed by atoms with van der Waals surface area (Å²) in [5.74, 6) is 0.810. The molecule has 0 aliphatic rings. The second-order valence-electron chi connectivity index (χ2n) is 6.88. The molecule has 4 aromatic rings. The van der Waals surface area contributed by atoms with E-state index in [1.165, 1.54) is 16.3 Å². The molecule has 0 unspecified atom stereocenters. The van der Waals surface area contributed by atoms with Crippen molar-refractivity contribution in [2.75, 3.05) is 13.7 Å². The van der Waals surface area contributed by atoms with Crippen molar-refractivity contribution in [1.29, 1.82) is 0 Å². The average molecular weight is 452 g/mol. The Bertz CT molecular complexity index is 1300. The summed E-state index contributed by atoms with van der Waals surface area (Å²) in [6.07, 6.45) is 3.39. The molecule has 0 aliphatic heterocycles. The largest absolute Gasteiger partial charge is 0.383 e. The molecule has 0 spiro atoms. The lowest BCUT2D eigenvalue weighted by molar-refractivity contribution is -0.118. The minimum Gasteiger partial charge on any atom is -0.383 e. The fourth-order valence-electron chi connectivity index (χ4n) is 3.27. The number of amides is 1. The van der Waals surface area contributed by atoms with Crippen LogP contribution in [-0.2, 0) is 28.4 Å². The number of thioether (sulfide) groups is 1. The normalized spacial score (nSPS) is 11.2. The average Bonchev–Trinajstić information content (AvgIpc) is 3.21. The number of hydrogen-bond donors (Lipinski definition) is 1. The maximum Gasteiger partial charge on any atom is 0.261 e. The molecule has 1 amide bonds. The van der Waals surface area contributed by atoms with Gasteiger partial charge in [-0.1, -0.05) is 23.9 Å². The number of primary amides is 1. The standard InChI is InChI=1S/C21H21N7O3S/c1-31-11-10-27-19(14-6-8-23-9-7-14)25-26-21(27)32-13-18-24-16-5-3-2-4-15(16)20(30)28(18)12-17(22)29/h2-9H,10-13H2,1H3,(H2,22,29). The number of nitrogens with zero attached hydrogens (tertiary/aromatic N) is 6. The molecule has 3 heterocycles. The van der Waals surface area contributed by atoms with Gasteiger partial charge in [0.2, 0.25) is 5.91 Å². The predicted molar refractivity (Wildman–Crippen MR) is 120 cm³/mol. The molecular formula is C21H21N7O3S. The fourth-order valence-corrected chi connectivity index (χ4v) is 4.18. The van der Waals surface area contributed by atoms with E-state index >= 15 is 0 Å². The van der Waals surface area contributed by atoms with Crippen LogP contribution in [0, 0.1) is 0 Å². The third kappa shape index (κ3) is 4.53. The van der Waals surface area contributed by atoms with Gasteiger partial charge in [0.05, 0.1) is 29.8 Å².